The number of nitrogens with one attached hydrogen (secondary N) is 1. The summed E-state index contributed by atoms with van der Waals surface area (Å²) in [7, 11) is 0. The number of aliphatic hydroxyl groups is 1. The smallest absolute Gasteiger partial charge is 0.318 e. The Labute approximate surface area is 114 Å². The first-order valence-electron chi connectivity index (χ1n) is 7.06. The van der Waals surface area contributed by atoms with Gasteiger partial charge in [-0.25, -0.2) is 0 Å². The van der Waals surface area contributed by atoms with E-state index in [9.17, 15) is 5.11 Å². The van der Waals surface area contributed by atoms with Gasteiger partial charge in [-0.2, -0.15) is 0 Å². The van der Waals surface area contributed by atoms with Crippen LogP contribution in [0.25, 0.3) is 0 Å². The fourth-order valence-corrected chi connectivity index (χ4v) is 2.38. The Morgan fingerprint density at radius 2 is 2.21 bits per heavy atom. The predicted octanol–water partition coefficient (Wildman–Crippen LogP) is 1.48. The number of hydrogen-bond donors (Lipinski definition) is 2. The molecule has 1 aliphatic rings. The van der Waals surface area contributed by atoms with E-state index in [-0.39, 0.29) is 6.04 Å². The van der Waals surface area contributed by atoms with Crippen LogP contribution >= 0.6 is 0 Å². The lowest BCUT2D eigenvalue weighted by Gasteiger charge is -2.21. The molecule has 108 valence electrons. The third kappa shape index (κ3) is 3.67. The van der Waals surface area contributed by atoms with Crippen molar-refractivity contribution in [3.8, 4) is 0 Å². The SMILES string of the molecule is CCNC(C)c1nnc(N2CCCC(C)(O)CC2)o1. The summed E-state index contributed by atoms with van der Waals surface area (Å²) in [5.74, 6) is 0.618. The summed E-state index contributed by atoms with van der Waals surface area (Å²) in [4.78, 5) is 2.07. The minimum absolute atomic E-state index is 0.0707. The molecule has 1 aliphatic heterocycles. The molecule has 6 heteroatoms. The molecule has 2 rings (SSSR count). The molecule has 19 heavy (non-hydrogen) atoms. The Balaban J connectivity index is 2.02. The fourth-order valence-electron chi connectivity index (χ4n) is 2.38. The van der Waals surface area contributed by atoms with E-state index in [0.717, 1.165) is 38.9 Å². The van der Waals surface area contributed by atoms with Crippen molar-refractivity contribution in [3.63, 3.8) is 0 Å². The summed E-state index contributed by atoms with van der Waals surface area (Å²) >= 11 is 0. The molecule has 6 nitrogen and oxygen atoms in total. The molecule has 2 heterocycles. The predicted molar refractivity (Wildman–Crippen MR) is 73.1 cm³/mol. The molecule has 0 spiro atoms. The van der Waals surface area contributed by atoms with Gasteiger partial charge in [-0.15, -0.1) is 5.10 Å². The molecule has 2 N–H and O–H groups in total. The van der Waals surface area contributed by atoms with Gasteiger partial charge in [0.2, 0.25) is 5.89 Å². The van der Waals surface area contributed by atoms with Crippen LogP contribution < -0.4 is 10.2 Å². The van der Waals surface area contributed by atoms with Crippen molar-refractivity contribution in [2.75, 3.05) is 24.5 Å². The van der Waals surface area contributed by atoms with Crippen LogP contribution in [0.15, 0.2) is 4.42 Å². The monoisotopic (exact) mass is 268 g/mol. The van der Waals surface area contributed by atoms with Crippen LogP contribution in [0.1, 0.15) is 52.0 Å². The molecular formula is C13H24N4O2. The van der Waals surface area contributed by atoms with Crippen molar-refractivity contribution in [2.24, 2.45) is 0 Å². The number of aromatic nitrogens is 2. The van der Waals surface area contributed by atoms with Crippen LogP contribution in [-0.2, 0) is 0 Å². The van der Waals surface area contributed by atoms with Crippen LogP contribution in [0.2, 0.25) is 0 Å². The first kappa shape index (κ1) is 14.3. The van der Waals surface area contributed by atoms with Gasteiger partial charge in [-0.3, -0.25) is 0 Å². The highest BCUT2D eigenvalue weighted by atomic mass is 16.4. The second-order valence-corrected chi connectivity index (χ2v) is 5.54. The summed E-state index contributed by atoms with van der Waals surface area (Å²) in [6.07, 6.45) is 2.49. The van der Waals surface area contributed by atoms with E-state index >= 15 is 0 Å². The van der Waals surface area contributed by atoms with Gasteiger partial charge in [0.05, 0.1) is 11.6 Å². The normalized spacial score (nSPS) is 26.2. The van der Waals surface area contributed by atoms with E-state index in [1.165, 1.54) is 0 Å². The zero-order valence-corrected chi connectivity index (χ0v) is 12.0. The standard InChI is InChI=1S/C13H24N4O2/c1-4-14-10(2)11-15-16-12(19-11)17-8-5-6-13(3,18)7-9-17/h10,14,18H,4-9H2,1-3H3. The van der Waals surface area contributed by atoms with Gasteiger partial charge in [0.25, 0.3) is 0 Å². The highest BCUT2D eigenvalue weighted by Gasteiger charge is 2.27. The largest absolute Gasteiger partial charge is 0.406 e. The van der Waals surface area contributed by atoms with Crippen LogP contribution in [0.4, 0.5) is 6.01 Å². The molecular weight excluding hydrogens is 244 g/mol. The van der Waals surface area contributed by atoms with E-state index in [0.29, 0.717) is 11.9 Å². The number of rotatable bonds is 4. The lowest BCUT2D eigenvalue weighted by molar-refractivity contribution is 0.0481. The lowest BCUT2D eigenvalue weighted by atomic mass is 9.98. The minimum atomic E-state index is -0.575. The van der Waals surface area contributed by atoms with Crippen molar-refractivity contribution in [1.82, 2.24) is 15.5 Å². The molecule has 0 aliphatic carbocycles. The fraction of sp³-hybridized carbons (Fsp3) is 0.846. The molecule has 1 saturated heterocycles. The highest BCUT2D eigenvalue weighted by molar-refractivity contribution is 5.24. The van der Waals surface area contributed by atoms with Crippen LogP contribution in [-0.4, -0.2) is 40.5 Å². The summed E-state index contributed by atoms with van der Waals surface area (Å²) < 4.78 is 5.72. The zero-order valence-electron chi connectivity index (χ0n) is 12.0. The minimum Gasteiger partial charge on any atom is -0.406 e. The molecule has 1 aromatic heterocycles. The van der Waals surface area contributed by atoms with Crippen molar-refractivity contribution in [3.05, 3.63) is 5.89 Å². The Morgan fingerprint density at radius 3 is 2.95 bits per heavy atom. The van der Waals surface area contributed by atoms with Crippen molar-refractivity contribution in [1.29, 1.82) is 0 Å². The molecule has 0 radical (unpaired) electrons. The molecule has 0 saturated carbocycles. The number of nitrogens with zero attached hydrogens (tertiary/aromatic N) is 3. The zero-order chi connectivity index (χ0) is 13.9. The van der Waals surface area contributed by atoms with Crippen molar-refractivity contribution < 1.29 is 9.52 Å². The maximum Gasteiger partial charge on any atom is 0.318 e. The van der Waals surface area contributed by atoms with E-state index in [4.69, 9.17) is 4.42 Å². The molecule has 2 unspecified atom stereocenters. The maximum absolute atomic E-state index is 10.1. The average Bonchev–Trinajstić information content (AvgIpc) is 2.76. The highest BCUT2D eigenvalue weighted by Crippen LogP contribution is 2.25. The maximum atomic E-state index is 10.1. The second kappa shape index (κ2) is 5.88. The summed E-state index contributed by atoms with van der Waals surface area (Å²) in [6, 6.07) is 0.638. The summed E-state index contributed by atoms with van der Waals surface area (Å²) in [6.45, 7) is 8.42. The van der Waals surface area contributed by atoms with Gasteiger partial charge in [0.15, 0.2) is 0 Å². The molecule has 1 fully saturated rings. The van der Waals surface area contributed by atoms with Gasteiger partial charge in [-0.05, 0) is 39.7 Å². The van der Waals surface area contributed by atoms with Gasteiger partial charge < -0.3 is 19.7 Å². The quantitative estimate of drug-likeness (QED) is 0.861. The first-order chi connectivity index (χ1) is 9.02. The van der Waals surface area contributed by atoms with Crippen molar-refractivity contribution in [2.45, 2.75) is 51.7 Å². The van der Waals surface area contributed by atoms with Crippen LogP contribution in [0.3, 0.4) is 0 Å². The van der Waals surface area contributed by atoms with Gasteiger partial charge in [0, 0.05) is 13.1 Å². The van der Waals surface area contributed by atoms with Gasteiger partial charge >= 0.3 is 6.01 Å². The molecule has 0 bridgehead atoms. The second-order valence-electron chi connectivity index (χ2n) is 5.54. The Bertz CT molecular complexity index is 405. The first-order valence-corrected chi connectivity index (χ1v) is 7.06. The van der Waals surface area contributed by atoms with E-state index in [2.05, 4.69) is 20.4 Å². The van der Waals surface area contributed by atoms with Crippen molar-refractivity contribution >= 4 is 6.01 Å². The summed E-state index contributed by atoms with van der Waals surface area (Å²) in [5, 5.41) is 21.5. The van der Waals surface area contributed by atoms with E-state index in [1.54, 1.807) is 0 Å². The van der Waals surface area contributed by atoms with Gasteiger partial charge in [-0.1, -0.05) is 12.0 Å². The molecule has 0 amide bonds. The van der Waals surface area contributed by atoms with Gasteiger partial charge in [0.1, 0.15) is 0 Å². The number of anilines is 1. The Kier molecular flexibility index (Phi) is 4.42. The van der Waals surface area contributed by atoms with Crippen LogP contribution in [0.5, 0.6) is 0 Å². The third-order valence-corrected chi connectivity index (χ3v) is 3.64. The Hall–Kier alpha value is -1.14. The van der Waals surface area contributed by atoms with Crippen LogP contribution in [0, 0.1) is 0 Å². The third-order valence-electron chi connectivity index (χ3n) is 3.64. The number of hydrogen-bond acceptors (Lipinski definition) is 6. The lowest BCUT2D eigenvalue weighted by Crippen LogP contribution is -2.28. The summed E-state index contributed by atoms with van der Waals surface area (Å²) in [5.41, 5.74) is -0.575. The molecule has 2 atom stereocenters. The topological polar surface area (TPSA) is 74.4 Å². The van der Waals surface area contributed by atoms with E-state index < -0.39 is 5.60 Å². The Morgan fingerprint density at radius 1 is 1.42 bits per heavy atom. The molecule has 1 aromatic rings. The average molecular weight is 268 g/mol. The molecule has 0 aromatic carbocycles. The van der Waals surface area contributed by atoms with E-state index in [1.807, 2.05) is 20.8 Å².